The minimum absolute atomic E-state index is 0.331. The number of halogens is 3. The van der Waals surface area contributed by atoms with Crippen LogP contribution in [0, 0.1) is 0 Å². The molecule has 0 aliphatic carbocycles. The molecule has 0 rings (SSSR count). The summed E-state index contributed by atoms with van der Waals surface area (Å²) in [6.45, 7) is 1.10. The molecule has 0 fully saturated rings. The van der Waals surface area contributed by atoms with Gasteiger partial charge in [-0.2, -0.15) is 13.2 Å². The molecular formula is C4H6F3NO. The van der Waals surface area contributed by atoms with Gasteiger partial charge in [0.15, 0.2) is 0 Å². The van der Waals surface area contributed by atoms with E-state index in [-0.39, 0.29) is 5.71 Å². The number of hydrogen-bond acceptors (Lipinski definition) is 2. The second-order valence-electron chi connectivity index (χ2n) is 1.63. The van der Waals surface area contributed by atoms with Crippen molar-refractivity contribution < 1.29 is 18.4 Å². The van der Waals surface area contributed by atoms with Crippen LogP contribution in [0.5, 0.6) is 0 Å². The molecule has 0 bridgehead atoms. The third-order valence-electron chi connectivity index (χ3n) is 0.627. The summed E-state index contributed by atoms with van der Waals surface area (Å²) < 4.78 is 33.9. The molecule has 0 aromatic rings. The molecule has 0 saturated heterocycles. The SMILES string of the molecule is CC(CC(F)(F)F)=NO. The summed E-state index contributed by atoms with van der Waals surface area (Å²) in [6.07, 6.45) is -5.42. The normalized spacial score (nSPS) is 14.0. The average molecular weight is 141 g/mol. The summed E-state index contributed by atoms with van der Waals surface area (Å²) in [5.41, 5.74) is -0.331. The van der Waals surface area contributed by atoms with Crippen molar-refractivity contribution in [2.75, 3.05) is 0 Å². The van der Waals surface area contributed by atoms with Gasteiger partial charge in [-0.05, 0) is 6.92 Å². The number of alkyl halides is 3. The van der Waals surface area contributed by atoms with Crippen molar-refractivity contribution in [2.24, 2.45) is 5.16 Å². The first-order valence-electron chi connectivity index (χ1n) is 2.20. The number of rotatable bonds is 1. The van der Waals surface area contributed by atoms with Crippen LogP contribution >= 0.6 is 0 Å². The summed E-state index contributed by atoms with van der Waals surface area (Å²) in [6, 6.07) is 0. The Morgan fingerprint density at radius 2 is 2.00 bits per heavy atom. The maximum atomic E-state index is 11.3. The van der Waals surface area contributed by atoms with Crippen molar-refractivity contribution >= 4 is 5.71 Å². The number of hydrogen-bond donors (Lipinski definition) is 1. The fourth-order valence-electron chi connectivity index (χ4n) is 0.325. The first kappa shape index (κ1) is 8.26. The van der Waals surface area contributed by atoms with Gasteiger partial charge in [0, 0.05) is 0 Å². The van der Waals surface area contributed by atoms with Crippen molar-refractivity contribution in [3.63, 3.8) is 0 Å². The van der Waals surface area contributed by atoms with Crippen LogP contribution in [0.1, 0.15) is 13.3 Å². The molecule has 0 unspecified atom stereocenters. The summed E-state index contributed by atoms with van der Waals surface area (Å²) in [4.78, 5) is 0. The quantitative estimate of drug-likeness (QED) is 0.337. The minimum Gasteiger partial charge on any atom is -0.411 e. The van der Waals surface area contributed by atoms with Gasteiger partial charge in [0.25, 0.3) is 0 Å². The van der Waals surface area contributed by atoms with Crippen molar-refractivity contribution in [1.82, 2.24) is 0 Å². The van der Waals surface area contributed by atoms with E-state index in [0.717, 1.165) is 6.92 Å². The molecule has 0 heterocycles. The molecule has 0 aliphatic heterocycles. The fourth-order valence-corrected chi connectivity index (χ4v) is 0.325. The summed E-state index contributed by atoms with van der Waals surface area (Å²) in [5.74, 6) is 0. The van der Waals surface area contributed by atoms with E-state index in [4.69, 9.17) is 5.21 Å². The van der Waals surface area contributed by atoms with E-state index in [1.165, 1.54) is 0 Å². The molecule has 0 aromatic carbocycles. The molecule has 0 spiro atoms. The molecule has 9 heavy (non-hydrogen) atoms. The zero-order chi connectivity index (χ0) is 7.49. The van der Waals surface area contributed by atoms with E-state index in [2.05, 4.69) is 5.16 Å². The third-order valence-corrected chi connectivity index (χ3v) is 0.627. The fraction of sp³-hybridized carbons (Fsp3) is 0.750. The lowest BCUT2D eigenvalue weighted by Gasteiger charge is -2.02. The van der Waals surface area contributed by atoms with E-state index >= 15 is 0 Å². The Hall–Kier alpha value is -0.740. The van der Waals surface area contributed by atoms with Crippen LogP contribution in [0.25, 0.3) is 0 Å². The van der Waals surface area contributed by atoms with Gasteiger partial charge in [0.05, 0.1) is 12.1 Å². The topological polar surface area (TPSA) is 32.6 Å². The van der Waals surface area contributed by atoms with Crippen molar-refractivity contribution in [3.8, 4) is 0 Å². The van der Waals surface area contributed by atoms with Gasteiger partial charge in [-0.3, -0.25) is 0 Å². The Kier molecular flexibility index (Phi) is 2.48. The molecule has 0 saturated carbocycles. The van der Waals surface area contributed by atoms with E-state index in [9.17, 15) is 13.2 Å². The average Bonchev–Trinajstić information content (AvgIpc) is 1.62. The molecule has 0 amide bonds. The first-order chi connectivity index (χ1) is 3.95. The monoisotopic (exact) mass is 141 g/mol. The molecular weight excluding hydrogens is 135 g/mol. The third kappa shape index (κ3) is 5.13. The maximum Gasteiger partial charge on any atom is 0.394 e. The van der Waals surface area contributed by atoms with Crippen LogP contribution in [0.3, 0.4) is 0 Å². The molecule has 0 radical (unpaired) electrons. The van der Waals surface area contributed by atoms with E-state index < -0.39 is 12.6 Å². The lowest BCUT2D eigenvalue weighted by molar-refractivity contribution is -0.121. The summed E-state index contributed by atoms with van der Waals surface area (Å²) in [7, 11) is 0. The van der Waals surface area contributed by atoms with Gasteiger partial charge in [-0.25, -0.2) is 0 Å². The predicted molar refractivity (Wildman–Crippen MR) is 25.6 cm³/mol. The van der Waals surface area contributed by atoms with E-state index in [1.807, 2.05) is 0 Å². The second-order valence-corrected chi connectivity index (χ2v) is 1.63. The Balaban J connectivity index is 3.75. The minimum atomic E-state index is -4.27. The van der Waals surface area contributed by atoms with Crippen molar-refractivity contribution in [2.45, 2.75) is 19.5 Å². The highest BCUT2D eigenvalue weighted by atomic mass is 19.4. The highest BCUT2D eigenvalue weighted by molar-refractivity contribution is 5.81. The molecule has 0 aliphatic rings. The van der Waals surface area contributed by atoms with Crippen LogP contribution in [0.4, 0.5) is 13.2 Å². The Morgan fingerprint density at radius 3 is 2.11 bits per heavy atom. The van der Waals surface area contributed by atoms with Gasteiger partial charge in [0.1, 0.15) is 0 Å². The van der Waals surface area contributed by atoms with E-state index in [0.29, 0.717) is 0 Å². The zero-order valence-electron chi connectivity index (χ0n) is 4.74. The highest BCUT2D eigenvalue weighted by Gasteiger charge is 2.28. The first-order valence-corrected chi connectivity index (χ1v) is 2.20. The molecule has 54 valence electrons. The zero-order valence-corrected chi connectivity index (χ0v) is 4.74. The van der Waals surface area contributed by atoms with Crippen LogP contribution < -0.4 is 0 Å². The molecule has 0 atom stereocenters. The Bertz CT molecular complexity index is 117. The standard InChI is InChI=1S/C4H6F3NO/c1-3(8-9)2-4(5,6)7/h9H,2H2,1H3. The smallest absolute Gasteiger partial charge is 0.394 e. The van der Waals surface area contributed by atoms with Gasteiger partial charge < -0.3 is 5.21 Å². The van der Waals surface area contributed by atoms with Crippen molar-refractivity contribution in [3.05, 3.63) is 0 Å². The summed E-state index contributed by atoms with van der Waals surface area (Å²) >= 11 is 0. The largest absolute Gasteiger partial charge is 0.411 e. The van der Waals surface area contributed by atoms with Crippen molar-refractivity contribution in [1.29, 1.82) is 0 Å². The number of nitrogens with zero attached hydrogens (tertiary/aromatic N) is 1. The second kappa shape index (κ2) is 2.70. The molecule has 5 heteroatoms. The van der Waals surface area contributed by atoms with Crippen LogP contribution in [0.2, 0.25) is 0 Å². The lowest BCUT2D eigenvalue weighted by Crippen LogP contribution is -2.12. The van der Waals surface area contributed by atoms with E-state index in [1.54, 1.807) is 0 Å². The van der Waals surface area contributed by atoms with Gasteiger partial charge in [0.2, 0.25) is 0 Å². The Morgan fingerprint density at radius 1 is 1.56 bits per heavy atom. The number of oxime groups is 1. The Labute approximate surface area is 50.0 Å². The lowest BCUT2D eigenvalue weighted by atomic mass is 10.3. The van der Waals surface area contributed by atoms with Crippen LogP contribution in [-0.4, -0.2) is 17.1 Å². The van der Waals surface area contributed by atoms with Gasteiger partial charge in [-0.1, -0.05) is 5.16 Å². The summed E-state index contributed by atoms with van der Waals surface area (Å²) in [5, 5.41) is 10.2. The predicted octanol–water partition coefficient (Wildman–Crippen LogP) is 1.79. The molecule has 1 N–H and O–H groups in total. The van der Waals surface area contributed by atoms with Gasteiger partial charge >= 0.3 is 6.18 Å². The molecule has 0 aromatic heterocycles. The highest BCUT2D eigenvalue weighted by Crippen LogP contribution is 2.19. The van der Waals surface area contributed by atoms with Crippen LogP contribution in [-0.2, 0) is 0 Å². The van der Waals surface area contributed by atoms with Crippen LogP contribution in [0.15, 0.2) is 5.16 Å². The van der Waals surface area contributed by atoms with Gasteiger partial charge in [-0.15, -0.1) is 0 Å². The maximum absolute atomic E-state index is 11.3. The molecule has 2 nitrogen and oxygen atoms in total.